The Bertz CT molecular complexity index is 396. The minimum atomic E-state index is -1.02. The lowest BCUT2D eigenvalue weighted by atomic mass is 9.77. The van der Waals surface area contributed by atoms with E-state index in [1.165, 1.54) is 0 Å². The first kappa shape index (κ1) is 21.5. The zero-order valence-electron chi connectivity index (χ0n) is 15.1. The highest BCUT2D eigenvalue weighted by molar-refractivity contribution is 5.15. The fourth-order valence-electron chi connectivity index (χ4n) is 3.20. The van der Waals surface area contributed by atoms with Crippen LogP contribution >= 0.6 is 0 Å². The minimum absolute atomic E-state index is 0.321. The van der Waals surface area contributed by atoms with Crippen LogP contribution in [0.3, 0.4) is 0 Å². The largest absolute Gasteiger partial charge is 0.390 e. The van der Waals surface area contributed by atoms with Gasteiger partial charge in [-0.25, -0.2) is 0 Å². The molecule has 0 aliphatic heterocycles. The van der Waals surface area contributed by atoms with Crippen molar-refractivity contribution < 1.29 is 30.6 Å². The summed E-state index contributed by atoms with van der Waals surface area (Å²) in [5.41, 5.74) is 1.01. The number of rotatable bonds is 2. The summed E-state index contributed by atoms with van der Waals surface area (Å²) in [6.45, 7) is 8.15. The van der Waals surface area contributed by atoms with E-state index in [0.29, 0.717) is 37.0 Å². The molecule has 0 aromatic rings. The molecule has 0 bridgehead atoms. The molecule has 0 amide bonds. The average Bonchev–Trinajstić information content (AvgIpc) is 2.49. The molecule has 5 atom stereocenters. The summed E-state index contributed by atoms with van der Waals surface area (Å²) in [4.78, 5) is 0. The highest BCUT2D eigenvalue weighted by Gasteiger charge is 2.35. The second kappa shape index (κ2) is 9.27. The summed E-state index contributed by atoms with van der Waals surface area (Å²) < 4.78 is 0. The van der Waals surface area contributed by atoms with Crippen molar-refractivity contribution in [2.75, 3.05) is 0 Å². The van der Waals surface area contributed by atoms with Gasteiger partial charge in [0.1, 0.15) is 18.3 Å². The Morgan fingerprint density at radius 3 is 1.67 bits per heavy atom. The van der Waals surface area contributed by atoms with Crippen molar-refractivity contribution in [3.63, 3.8) is 0 Å². The molecule has 1 saturated carbocycles. The summed E-state index contributed by atoms with van der Waals surface area (Å²) in [5.74, 6) is 1.11. The normalized spacial score (nSPS) is 40.2. The van der Waals surface area contributed by atoms with Crippen molar-refractivity contribution in [2.45, 2.75) is 83.6 Å². The Kier molecular flexibility index (Phi) is 8.32. The third kappa shape index (κ3) is 5.79. The maximum Gasteiger partial charge on any atom is 0.110 e. The van der Waals surface area contributed by atoms with Crippen LogP contribution in [0, 0.1) is 17.8 Å². The lowest BCUT2D eigenvalue weighted by molar-refractivity contribution is -0.105. The van der Waals surface area contributed by atoms with E-state index >= 15 is 0 Å². The Balaban J connectivity index is 0.000000240. The van der Waals surface area contributed by atoms with Crippen molar-refractivity contribution in [1.29, 1.82) is 0 Å². The van der Waals surface area contributed by atoms with Crippen LogP contribution in [0.2, 0.25) is 0 Å². The topological polar surface area (TPSA) is 121 Å². The van der Waals surface area contributed by atoms with Crippen LogP contribution in [0.4, 0.5) is 0 Å². The van der Waals surface area contributed by atoms with Gasteiger partial charge in [-0.15, -0.1) is 0 Å². The van der Waals surface area contributed by atoms with Crippen LogP contribution in [-0.2, 0) is 0 Å². The zero-order chi connectivity index (χ0) is 18.6. The second-order valence-electron chi connectivity index (χ2n) is 7.75. The maximum absolute atomic E-state index is 9.36. The van der Waals surface area contributed by atoms with E-state index in [4.69, 9.17) is 0 Å². The lowest BCUT2D eigenvalue weighted by Crippen LogP contribution is -2.45. The van der Waals surface area contributed by atoms with Crippen molar-refractivity contribution in [3.05, 3.63) is 11.6 Å². The monoisotopic (exact) mass is 346 g/mol. The quantitative estimate of drug-likeness (QED) is 0.397. The van der Waals surface area contributed by atoms with Crippen LogP contribution < -0.4 is 0 Å². The van der Waals surface area contributed by atoms with Crippen molar-refractivity contribution in [1.82, 2.24) is 0 Å². The maximum atomic E-state index is 9.36. The van der Waals surface area contributed by atoms with E-state index in [2.05, 4.69) is 13.8 Å². The second-order valence-corrected chi connectivity index (χ2v) is 7.75. The van der Waals surface area contributed by atoms with Gasteiger partial charge in [0.15, 0.2) is 0 Å². The molecule has 0 spiro atoms. The molecule has 6 nitrogen and oxygen atoms in total. The van der Waals surface area contributed by atoms with Crippen LogP contribution in [0.25, 0.3) is 0 Å². The van der Waals surface area contributed by atoms with Gasteiger partial charge in [0.2, 0.25) is 0 Å². The summed E-state index contributed by atoms with van der Waals surface area (Å²) in [6, 6.07) is 0. The predicted octanol–water partition coefficient (Wildman–Crippen LogP) is 0.190. The average molecular weight is 346 g/mol. The lowest BCUT2D eigenvalue weighted by Gasteiger charge is -2.35. The van der Waals surface area contributed by atoms with E-state index in [1.807, 2.05) is 13.8 Å². The van der Waals surface area contributed by atoms with Crippen LogP contribution in [0.15, 0.2) is 11.6 Å². The van der Waals surface area contributed by atoms with Gasteiger partial charge >= 0.3 is 0 Å². The first-order chi connectivity index (χ1) is 11.0. The Labute approximate surface area is 144 Å². The van der Waals surface area contributed by atoms with E-state index in [0.717, 1.165) is 5.57 Å². The summed E-state index contributed by atoms with van der Waals surface area (Å²) >= 11 is 0. The first-order valence-electron chi connectivity index (χ1n) is 8.83. The molecule has 0 saturated heterocycles. The Hall–Kier alpha value is -0.500. The minimum Gasteiger partial charge on any atom is -0.390 e. The van der Waals surface area contributed by atoms with Gasteiger partial charge < -0.3 is 30.6 Å². The third-order valence-corrected chi connectivity index (χ3v) is 5.14. The molecule has 142 valence electrons. The number of hydrogen-bond acceptors (Lipinski definition) is 6. The fourth-order valence-corrected chi connectivity index (χ4v) is 3.20. The summed E-state index contributed by atoms with van der Waals surface area (Å²) in [7, 11) is 0. The van der Waals surface area contributed by atoms with Crippen molar-refractivity contribution >= 4 is 0 Å². The molecule has 2 aliphatic carbocycles. The van der Waals surface area contributed by atoms with Gasteiger partial charge in [0, 0.05) is 0 Å². The fraction of sp³-hybridized carbons (Fsp3) is 0.889. The van der Waals surface area contributed by atoms with Crippen molar-refractivity contribution in [3.8, 4) is 0 Å². The molecule has 0 aromatic heterocycles. The molecule has 24 heavy (non-hydrogen) atoms. The van der Waals surface area contributed by atoms with Gasteiger partial charge in [0.25, 0.3) is 0 Å². The molecular weight excluding hydrogens is 312 g/mol. The number of aliphatic hydroxyl groups is 6. The number of aliphatic hydroxyl groups excluding tert-OH is 6. The van der Waals surface area contributed by atoms with Gasteiger partial charge in [-0.05, 0) is 37.0 Å². The van der Waals surface area contributed by atoms with E-state index < -0.39 is 36.6 Å². The van der Waals surface area contributed by atoms with Crippen LogP contribution in [-0.4, -0.2) is 67.3 Å². The zero-order valence-corrected chi connectivity index (χ0v) is 15.1. The molecule has 2 aliphatic rings. The molecule has 0 unspecified atom stereocenters. The standard InChI is InChI=1S/C9H18O3.C9H16O3/c2*1-5(2)6-3-7(10)9(12)8(11)4-6/h5-12H,3-4H2,1-2H3;3,5,7-12H,4H2,1-2H3/t6?,7-,8-,9?;7-,8-,9-/m11/s1. The van der Waals surface area contributed by atoms with E-state index in [1.54, 1.807) is 6.08 Å². The number of hydrogen-bond donors (Lipinski definition) is 6. The Morgan fingerprint density at radius 2 is 1.29 bits per heavy atom. The van der Waals surface area contributed by atoms with E-state index in [9.17, 15) is 30.6 Å². The third-order valence-electron chi connectivity index (χ3n) is 5.14. The molecule has 6 heteroatoms. The SMILES string of the molecule is CC(C)C1=C[C@@H](O)[C@@H](O)[C@H](O)C1.CC(C)C1C[C@@H](O)C(O)[C@H](O)C1. The predicted molar refractivity (Wildman–Crippen MR) is 91.1 cm³/mol. The van der Waals surface area contributed by atoms with Gasteiger partial charge in [0.05, 0.1) is 18.3 Å². The summed E-state index contributed by atoms with van der Waals surface area (Å²) in [6.07, 6.45) is -1.87. The smallest absolute Gasteiger partial charge is 0.110 e. The molecule has 0 radical (unpaired) electrons. The molecule has 6 N–H and O–H groups in total. The highest BCUT2D eigenvalue weighted by Crippen LogP contribution is 2.30. The van der Waals surface area contributed by atoms with Crippen LogP contribution in [0.5, 0.6) is 0 Å². The molecule has 2 rings (SSSR count). The van der Waals surface area contributed by atoms with Gasteiger partial charge in [-0.1, -0.05) is 39.3 Å². The molecule has 1 fully saturated rings. The molecule has 0 aromatic carbocycles. The van der Waals surface area contributed by atoms with Crippen molar-refractivity contribution in [2.24, 2.45) is 17.8 Å². The molecular formula is C18H34O6. The van der Waals surface area contributed by atoms with Crippen LogP contribution in [0.1, 0.15) is 47.0 Å². The highest BCUT2D eigenvalue weighted by atomic mass is 16.4. The van der Waals surface area contributed by atoms with E-state index in [-0.39, 0.29) is 0 Å². The first-order valence-corrected chi connectivity index (χ1v) is 8.83. The summed E-state index contributed by atoms with van der Waals surface area (Å²) in [5, 5.41) is 55.8. The molecule has 0 heterocycles. The van der Waals surface area contributed by atoms with Gasteiger partial charge in [-0.2, -0.15) is 0 Å². The van der Waals surface area contributed by atoms with Gasteiger partial charge in [-0.3, -0.25) is 0 Å². The Morgan fingerprint density at radius 1 is 0.792 bits per heavy atom.